The molecule has 1 aliphatic heterocycles. The van der Waals surface area contributed by atoms with Crippen molar-refractivity contribution < 1.29 is 9.13 Å². The molecule has 4 heteroatoms. The zero-order valence-corrected chi connectivity index (χ0v) is 11.0. The van der Waals surface area contributed by atoms with Gasteiger partial charge in [0.05, 0.1) is 12.6 Å². The number of halogens is 2. The van der Waals surface area contributed by atoms with E-state index in [1.54, 1.807) is 6.07 Å². The summed E-state index contributed by atoms with van der Waals surface area (Å²) in [7, 11) is 0. The van der Waals surface area contributed by atoms with Crippen LogP contribution in [0.25, 0.3) is 0 Å². The molecule has 98 valence electrons. The minimum Gasteiger partial charge on any atom is -0.493 e. The second-order valence-corrected chi connectivity index (χ2v) is 5.02. The molecule has 0 amide bonds. The minimum absolute atomic E-state index is 0.351. The van der Waals surface area contributed by atoms with E-state index >= 15 is 0 Å². The lowest BCUT2D eigenvalue weighted by Gasteiger charge is -2.15. The Morgan fingerprint density at radius 3 is 2.84 bits per heavy atom. The van der Waals surface area contributed by atoms with Gasteiger partial charge in [0.1, 0.15) is 11.6 Å². The fourth-order valence-electron chi connectivity index (χ4n) is 2.33. The van der Waals surface area contributed by atoms with Gasteiger partial charge in [-0.25, -0.2) is 4.39 Å². The number of fused-ring (bicyclic) bond motifs is 1. The number of rotatable bonds is 2. The Balaban J connectivity index is 1.97. The average Bonchev–Trinajstić information content (AvgIpc) is 2.85. The molecular formula is C15H13ClFNO. The molecule has 0 saturated carbocycles. The molecule has 0 fully saturated rings. The van der Waals surface area contributed by atoms with E-state index in [0.717, 1.165) is 28.9 Å². The summed E-state index contributed by atoms with van der Waals surface area (Å²) in [6.45, 7) is 0.714. The van der Waals surface area contributed by atoms with Gasteiger partial charge in [0.15, 0.2) is 0 Å². The van der Waals surface area contributed by atoms with Crippen LogP contribution in [0.5, 0.6) is 5.75 Å². The van der Waals surface area contributed by atoms with E-state index in [4.69, 9.17) is 22.1 Å². The van der Waals surface area contributed by atoms with Gasteiger partial charge in [0, 0.05) is 11.4 Å². The minimum atomic E-state index is -0.362. The number of hydrogen-bond donors (Lipinski definition) is 1. The zero-order chi connectivity index (χ0) is 13.4. The summed E-state index contributed by atoms with van der Waals surface area (Å²) >= 11 is 6.05. The molecule has 3 rings (SSSR count). The molecule has 1 aliphatic rings. The molecule has 19 heavy (non-hydrogen) atoms. The maximum absolute atomic E-state index is 13.1. The van der Waals surface area contributed by atoms with E-state index in [1.165, 1.54) is 12.1 Å². The van der Waals surface area contributed by atoms with E-state index < -0.39 is 0 Å². The first-order valence-electron chi connectivity index (χ1n) is 6.11. The van der Waals surface area contributed by atoms with Crippen molar-refractivity contribution in [3.05, 3.63) is 63.9 Å². The third kappa shape index (κ3) is 2.31. The molecule has 0 aliphatic carbocycles. The SMILES string of the molecule is NC(c1ccc2c(c1)CCO2)c1ccc(F)cc1Cl. The molecule has 1 atom stereocenters. The van der Waals surface area contributed by atoms with Gasteiger partial charge in [-0.3, -0.25) is 0 Å². The largest absolute Gasteiger partial charge is 0.493 e. The number of ether oxygens (including phenoxy) is 1. The lowest BCUT2D eigenvalue weighted by atomic mass is 9.97. The van der Waals surface area contributed by atoms with Crippen LogP contribution in [0.3, 0.4) is 0 Å². The maximum Gasteiger partial charge on any atom is 0.124 e. The molecule has 0 saturated heterocycles. The highest BCUT2D eigenvalue weighted by atomic mass is 35.5. The summed E-state index contributed by atoms with van der Waals surface area (Å²) in [6, 6.07) is 9.81. The van der Waals surface area contributed by atoms with Gasteiger partial charge in [0.25, 0.3) is 0 Å². The molecule has 2 aromatic rings. The van der Waals surface area contributed by atoms with Crippen LogP contribution in [0.15, 0.2) is 36.4 Å². The van der Waals surface area contributed by atoms with Crippen LogP contribution >= 0.6 is 11.6 Å². The van der Waals surface area contributed by atoms with Crippen LogP contribution in [0, 0.1) is 5.82 Å². The second kappa shape index (κ2) is 4.83. The number of hydrogen-bond acceptors (Lipinski definition) is 2. The van der Waals surface area contributed by atoms with E-state index in [2.05, 4.69) is 0 Å². The van der Waals surface area contributed by atoms with Crippen LogP contribution in [0.1, 0.15) is 22.7 Å². The van der Waals surface area contributed by atoms with Gasteiger partial charge in [-0.15, -0.1) is 0 Å². The Morgan fingerprint density at radius 2 is 2.05 bits per heavy atom. The number of nitrogens with two attached hydrogens (primary N) is 1. The van der Waals surface area contributed by atoms with Gasteiger partial charge in [0.2, 0.25) is 0 Å². The summed E-state index contributed by atoms with van der Waals surface area (Å²) in [5.74, 6) is 0.560. The third-order valence-corrected chi connectivity index (χ3v) is 3.70. The molecule has 2 aromatic carbocycles. The molecule has 1 unspecified atom stereocenters. The van der Waals surface area contributed by atoms with Crippen molar-refractivity contribution in [1.82, 2.24) is 0 Å². The standard InChI is InChI=1S/C15H13ClFNO/c16-13-8-11(17)2-3-12(13)15(18)10-1-4-14-9(7-10)5-6-19-14/h1-4,7-8,15H,5-6,18H2. The summed E-state index contributed by atoms with van der Waals surface area (Å²) in [5, 5.41) is 0.351. The van der Waals surface area contributed by atoms with Gasteiger partial charge < -0.3 is 10.5 Å². The smallest absolute Gasteiger partial charge is 0.124 e. The fourth-order valence-corrected chi connectivity index (χ4v) is 2.62. The first-order chi connectivity index (χ1) is 9.15. The second-order valence-electron chi connectivity index (χ2n) is 4.61. The molecular weight excluding hydrogens is 265 g/mol. The summed E-state index contributed by atoms with van der Waals surface area (Å²) in [4.78, 5) is 0. The highest BCUT2D eigenvalue weighted by Crippen LogP contribution is 2.32. The van der Waals surface area contributed by atoms with Gasteiger partial charge >= 0.3 is 0 Å². The maximum atomic E-state index is 13.1. The monoisotopic (exact) mass is 277 g/mol. The van der Waals surface area contributed by atoms with Gasteiger partial charge in [-0.1, -0.05) is 29.8 Å². The lowest BCUT2D eigenvalue weighted by Crippen LogP contribution is -2.12. The van der Waals surface area contributed by atoms with Crippen molar-refractivity contribution in [3.63, 3.8) is 0 Å². The summed E-state index contributed by atoms with van der Waals surface area (Å²) < 4.78 is 18.5. The van der Waals surface area contributed by atoms with Crippen molar-refractivity contribution in [2.45, 2.75) is 12.5 Å². The van der Waals surface area contributed by atoms with E-state index in [0.29, 0.717) is 11.6 Å². The van der Waals surface area contributed by atoms with E-state index in [9.17, 15) is 4.39 Å². The summed E-state index contributed by atoms with van der Waals surface area (Å²) in [5.41, 5.74) is 9.05. The molecule has 0 aromatic heterocycles. The molecule has 0 spiro atoms. The predicted octanol–water partition coefficient (Wildman–Crippen LogP) is 3.46. The highest BCUT2D eigenvalue weighted by Gasteiger charge is 2.17. The Morgan fingerprint density at radius 1 is 1.21 bits per heavy atom. The molecule has 0 radical (unpaired) electrons. The predicted molar refractivity (Wildman–Crippen MR) is 73.1 cm³/mol. The zero-order valence-electron chi connectivity index (χ0n) is 10.2. The number of benzene rings is 2. The first kappa shape index (κ1) is 12.5. The van der Waals surface area contributed by atoms with Crippen LogP contribution < -0.4 is 10.5 Å². The average molecular weight is 278 g/mol. The van der Waals surface area contributed by atoms with Crippen LogP contribution in [-0.4, -0.2) is 6.61 Å². The Kier molecular flexibility index (Phi) is 3.17. The van der Waals surface area contributed by atoms with Crippen molar-refractivity contribution in [2.24, 2.45) is 5.73 Å². The molecule has 0 bridgehead atoms. The Bertz CT molecular complexity index is 630. The molecule has 2 N–H and O–H groups in total. The lowest BCUT2D eigenvalue weighted by molar-refractivity contribution is 0.357. The normalized spacial score (nSPS) is 14.9. The van der Waals surface area contributed by atoms with Crippen molar-refractivity contribution in [3.8, 4) is 5.75 Å². The van der Waals surface area contributed by atoms with Gasteiger partial charge in [-0.2, -0.15) is 0 Å². The van der Waals surface area contributed by atoms with Crippen molar-refractivity contribution in [1.29, 1.82) is 0 Å². The van der Waals surface area contributed by atoms with E-state index in [1.807, 2.05) is 18.2 Å². The van der Waals surface area contributed by atoms with Crippen LogP contribution in [0.4, 0.5) is 4.39 Å². The Labute approximate surface area is 115 Å². The van der Waals surface area contributed by atoms with Gasteiger partial charge in [-0.05, 0) is 34.9 Å². The van der Waals surface area contributed by atoms with Crippen LogP contribution in [-0.2, 0) is 6.42 Å². The van der Waals surface area contributed by atoms with Crippen molar-refractivity contribution >= 4 is 11.6 Å². The fraction of sp³-hybridized carbons (Fsp3) is 0.200. The first-order valence-corrected chi connectivity index (χ1v) is 6.49. The third-order valence-electron chi connectivity index (χ3n) is 3.37. The van der Waals surface area contributed by atoms with Crippen LogP contribution in [0.2, 0.25) is 5.02 Å². The van der Waals surface area contributed by atoms with E-state index in [-0.39, 0.29) is 11.9 Å². The molecule has 2 nitrogen and oxygen atoms in total. The quantitative estimate of drug-likeness (QED) is 0.912. The van der Waals surface area contributed by atoms with Crippen molar-refractivity contribution in [2.75, 3.05) is 6.61 Å². The molecule has 1 heterocycles. The Hall–Kier alpha value is -1.58. The topological polar surface area (TPSA) is 35.2 Å². The highest BCUT2D eigenvalue weighted by molar-refractivity contribution is 6.31. The summed E-state index contributed by atoms with van der Waals surface area (Å²) in [6.07, 6.45) is 0.896.